The first-order chi connectivity index (χ1) is 18.2. The van der Waals surface area contributed by atoms with E-state index >= 15 is 0 Å². The van der Waals surface area contributed by atoms with Crippen LogP contribution in [0.3, 0.4) is 0 Å². The molecule has 0 bridgehead atoms. The lowest BCUT2D eigenvalue weighted by Crippen LogP contribution is -2.62. The molecule has 5 heteroatoms. The lowest BCUT2D eigenvalue weighted by Gasteiger charge is -2.63. The van der Waals surface area contributed by atoms with E-state index in [1.807, 2.05) is 30.3 Å². The molecule has 0 aromatic heterocycles. The topological polar surface area (TPSA) is 64.6 Å². The van der Waals surface area contributed by atoms with Gasteiger partial charge in [0, 0.05) is 6.04 Å². The zero-order valence-electron chi connectivity index (χ0n) is 24.2. The molecule has 0 saturated heterocycles. The molecule has 210 valence electrons. The molecule has 9 atom stereocenters. The SMILES string of the molecule is COC(=O)C1CC[C@H]2[C@@H]3CCC4CC(OC(=O)c5ccccc5)CC[C@]4(C)[C@@H]3C(NCCC(C)C)C[C@]12C. The van der Waals surface area contributed by atoms with E-state index in [1.165, 1.54) is 19.3 Å². The van der Waals surface area contributed by atoms with Crippen LogP contribution in [0.4, 0.5) is 0 Å². The fourth-order valence-corrected chi connectivity index (χ4v) is 9.59. The molecule has 0 radical (unpaired) electrons. The van der Waals surface area contributed by atoms with Crippen LogP contribution in [-0.2, 0) is 14.3 Å². The lowest BCUT2D eigenvalue weighted by molar-refractivity contribution is -0.161. The minimum Gasteiger partial charge on any atom is -0.469 e. The first kappa shape index (κ1) is 27.7. The van der Waals surface area contributed by atoms with Gasteiger partial charge in [-0.3, -0.25) is 4.79 Å². The molecule has 4 aliphatic carbocycles. The molecule has 0 spiro atoms. The first-order valence-electron chi connectivity index (χ1n) is 15.2. The molecule has 0 aliphatic heterocycles. The molecular formula is C33H49NO4. The number of rotatable bonds is 7. The molecule has 5 rings (SSSR count). The third kappa shape index (κ3) is 4.93. The highest BCUT2D eigenvalue weighted by Crippen LogP contribution is 2.67. The normalized spacial score (nSPS) is 40.1. The molecule has 1 aromatic rings. The highest BCUT2D eigenvalue weighted by Gasteiger charge is 2.64. The summed E-state index contributed by atoms with van der Waals surface area (Å²) >= 11 is 0. The number of ether oxygens (including phenoxy) is 2. The van der Waals surface area contributed by atoms with Crippen LogP contribution in [0.25, 0.3) is 0 Å². The van der Waals surface area contributed by atoms with Crippen LogP contribution in [0.2, 0.25) is 0 Å². The van der Waals surface area contributed by atoms with Crippen molar-refractivity contribution in [3.8, 4) is 0 Å². The van der Waals surface area contributed by atoms with E-state index in [1.54, 1.807) is 7.11 Å². The number of carbonyl (C=O) groups is 2. The van der Waals surface area contributed by atoms with Gasteiger partial charge in [0.25, 0.3) is 0 Å². The van der Waals surface area contributed by atoms with E-state index in [2.05, 4.69) is 33.0 Å². The van der Waals surface area contributed by atoms with Crippen LogP contribution in [0, 0.1) is 46.3 Å². The number of methoxy groups -OCH3 is 1. The van der Waals surface area contributed by atoms with Crippen LogP contribution in [0.1, 0.15) is 95.8 Å². The second kappa shape index (κ2) is 10.9. The summed E-state index contributed by atoms with van der Waals surface area (Å²) in [5, 5.41) is 4.05. The van der Waals surface area contributed by atoms with Crippen molar-refractivity contribution in [3.05, 3.63) is 35.9 Å². The Morgan fingerprint density at radius 2 is 1.79 bits per heavy atom. The summed E-state index contributed by atoms with van der Waals surface area (Å²) in [6.45, 7) is 10.6. The van der Waals surface area contributed by atoms with Gasteiger partial charge in [-0.2, -0.15) is 0 Å². The van der Waals surface area contributed by atoms with Crippen molar-refractivity contribution in [2.24, 2.45) is 46.3 Å². The molecule has 4 unspecified atom stereocenters. The predicted octanol–water partition coefficient (Wildman–Crippen LogP) is 6.66. The fraction of sp³-hybridized carbons (Fsp3) is 0.758. The fourth-order valence-electron chi connectivity index (χ4n) is 9.59. The maximum atomic E-state index is 12.9. The highest BCUT2D eigenvalue weighted by molar-refractivity contribution is 5.89. The molecule has 0 amide bonds. The predicted molar refractivity (Wildman–Crippen MR) is 150 cm³/mol. The molecule has 1 aromatic carbocycles. The Hall–Kier alpha value is -1.88. The second-order valence-electron chi connectivity index (χ2n) is 13.9. The van der Waals surface area contributed by atoms with Gasteiger partial charge in [0.05, 0.1) is 18.6 Å². The summed E-state index contributed by atoms with van der Waals surface area (Å²) in [5.74, 6) is 2.91. The number of carbonyl (C=O) groups excluding carboxylic acids is 2. The van der Waals surface area contributed by atoms with Crippen LogP contribution in [0.5, 0.6) is 0 Å². The molecular weight excluding hydrogens is 474 g/mol. The van der Waals surface area contributed by atoms with Gasteiger partial charge in [-0.1, -0.05) is 45.9 Å². The number of fused-ring (bicyclic) bond motifs is 5. The smallest absolute Gasteiger partial charge is 0.338 e. The standard InChI is InChI=1S/C33H49NO4/c1-21(2)16-18-34-28-20-33(4)26(13-14-27(33)31(36)37-5)25-12-11-23-19-24(15-17-32(23,3)29(25)28)38-30(35)22-9-7-6-8-10-22/h6-10,21,23-29,34H,11-20H2,1-5H3/t23?,24?,25-,26-,27?,28?,29-,32-,33-/m0/s1. The minimum absolute atomic E-state index is 0.00461. The van der Waals surface area contributed by atoms with Gasteiger partial charge < -0.3 is 14.8 Å². The average molecular weight is 524 g/mol. The van der Waals surface area contributed by atoms with Crippen LogP contribution >= 0.6 is 0 Å². The largest absolute Gasteiger partial charge is 0.469 e. The third-order valence-corrected chi connectivity index (χ3v) is 11.5. The molecule has 4 saturated carbocycles. The Morgan fingerprint density at radius 3 is 2.50 bits per heavy atom. The van der Waals surface area contributed by atoms with Gasteiger partial charge in [0.15, 0.2) is 0 Å². The van der Waals surface area contributed by atoms with Crippen LogP contribution in [-0.4, -0.2) is 37.7 Å². The maximum Gasteiger partial charge on any atom is 0.338 e. The van der Waals surface area contributed by atoms with E-state index in [9.17, 15) is 9.59 Å². The summed E-state index contributed by atoms with van der Waals surface area (Å²) in [5.41, 5.74) is 0.889. The van der Waals surface area contributed by atoms with E-state index < -0.39 is 0 Å². The molecule has 5 nitrogen and oxygen atoms in total. The van der Waals surface area contributed by atoms with Crippen molar-refractivity contribution >= 4 is 11.9 Å². The Balaban J connectivity index is 1.36. The van der Waals surface area contributed by atoms with Gasteiger partial charge in [0.2, 0.25) is 0 Å². The molecule has 4 fully saturated rings. The first-order valence-corrected chi connectivity index (χ1v) is 15.2. The van der Waals surface area contributed by atoms with Crippen molar-refractivity contribution in [2.75, 3.05) is 13.7 Å². The zero-order valence-corrected chi connectivity index (χ0v) is 24.2. The number of hydrogen-bond donors (Lipinski definition) is 1. The summed E-state index contributed by atoms with van der Waals surface area (Å²) < 4.78 is 11.4. The van der Waals surface area contributed by atoms with Crippen molar-refractivity contribution in [2.45, 2.75) is 97.6 Å². The van der Waals surface area contributed by atoms with Crippen molar-refractivity contribution < 1.29 is 19.1 Å². The molecule has 4 aliphatic rings. The van der Waals surface area contributed by atoms with E-state index in [0.717, 1.165) is 45.1 Å². The summed E-state index contributed by atoms with van der Waals surface area (Å²) in [6.07, 6.45) is 9.81. The quantitative estimate of drug-likeness (QED) is 0.405. The number of benzene rings is 1. The summed E-state index contributed by atoms with van der Waals surface area (Å²) in [6, 6.07) is 9.83. The Kier molecular flexibility index (Phi) is 7.97. The van der Waals surface area contributed by atoms with Gasteiger partial charge in [-0.15, -0.1) is 0 Å². The minimum atomic E-state index is -0.186. The van der Waals surface area contributed by atoms with Crippen LogP contribution in [0.15, 0.2) is 30.3 Å². The Labute approximate surface area is 229 Å². The van der Waals surface area contributed by atoms with Gasteiger partial charge in [-0.25, -0.2) is 4.79 Å². The Morgan fingerprint density at radius 1 is 1.03 bits per heavy atom. The van der Waals surface area contributed by atoms with E-state index in [0.29, 0.717) is 41.2 Å². The highest BCUT2D eigenvalue weighted by atomic mass is 16.5. The summed E-state index contributed by atoms with van der Waals surface area (Å²) in [7, 11) is 1.55. The van der Waals surface area contributed by atoms with Gasteiger partial charge in [0.1, 0.15) is 6.10 Å². The monoisotopic (exact) mass is 523 g/mol. The number of nitrogens with one attached hydrogen (secondary N) is 1. The number of hydrogen-bond acceptors (Lipinski definition) is 5. The van der Waals surface area contributed by atoms with Crippen molar-refractivity contribution in [1.29, 1.82) is 0 Å². The molecule has 1 N–H and O–H groups in total. The summed E-state index contributed by atoms with van der Waals surface area (Å²) in [4.78, 5) is 25.7. The molecule has 38 heavy (non-hydrogen) atoms. The zero-order chi connectivity index (χ0) is 27.1. The van der Waals surface area contributed by atoms with E-state index in [-0.39, 0.29) is 34.8 Å². The van der Waals surface area contributed by atoms with Crippen LogP contribution < -0.4 is 5.32 Å². The van der Waals surface area contributed by atoms with E-state index in [4.69, 9.17) is 9.47 Å². The van der Waals surface area contributed by atoms with Gasteiger partial charge >= 0.3 is 11.9 Å². The molecule has 0 heterocycles. The Bertz CT molecular complexity index is 994. The average Bonchev–Trinajstić information content (AvgIpc) is 3.25. The lowest BCUT2D eigenvalue weighted by atomic mass is 9.43. The van der Waals surface area contributed by atoms with Gasteiger partial charge in [-0.05, 0) is 117 Å². The van der Waals surface area contributed by atoms with Crippen molar-refractivity contribution in [1.82, 2.24) is 5.32 Å². The second-order valence-corrected chi connectivity index (χ2v) is 13.9. The third-order valence-electron chi connectivity index (χ3n) is 11.5. The van der Waals surface area contributed by atoms with Crippen molar-refractivity contribution in [3.63, 3.8) is 0 Å². The maximum absolute atomic E-state index is 12.9. The number of esters is 2.